The van der Waals surface area contributed by atoms with Crippen molar-refractivity contribution in [1.29, 1.82) is 0 Å². The topological polar surface area (TPSA) is 24.4 Å². The van der Waals surface area contributed by atoms with Crippen molar-refractivity contribution in [3.63, 3.8) is 0 Å². The maximum atomic E-state index is 5.26. The summed E-state index contributed by atoms with van der Waals surface area (Å²) in [5.74, 6) is 2.67. The van der Waals surface area contributed by atoms with Gasteiger partial charge in [0.25, 0.3) is 0 Å². The van der Waals surface area contributed by atoms with Gasteiger partial charge >= 0.3 is 0 Å². The molecule has 1 N–H and O–H groups in total. The van der Waals surface area contributed by atoms with Crippen molar-refractivity contribution in [2.24, 2.45) is 5.10 Å². The molecule has 3 heteroatoms. The number of nitrogens with zero attached hydrogens (tertiary/aromatic N) is 1. The number of rotatable bonds is 4. The second-order valence-corrected chi connectivity index (χ2v) is 4.13. The van der Waals surface area contributed by atoms with Crippen molar-refractivity contribution in [1.82, 2.24) is 5.43 Å². The molecule has 0 aromatic heterocycles. The van der Waals surface area contributed by atoms with E-state index in [0.29, 0.717) is 0 Å². The average Bonchev–Trinajstić information content (AvgIpc) is 2.17. The van der Waals surface area contributed by atoms with Crippen LogP contribution in [0.15, 0.2) is 17.3 Å². The molecule has 0 fully saturated rings. The maximum Gasteiger partial charge on any atom is 0.0748 e. The van der Waals surface area contributed by atoms with E-state index in [2.05, 4.69) is 45.1 Å². The molecule has 1 heterocycles. The predicted octanol–water partition coefficient (Wildman–Crippen LogP) is 2.11. The van der Waals surface area contributed by atoms with Gasteiger partial charge in [-0.25, -0.2) is 0 Å². The first-order valence-corrected chi connectivity index (χ1v) is 5.83. The van der Waals surface area contributed by atoms with Gasteiger partial charge in [0.1, 0.15) is 0 Å². The zero-order valence-corrected chi connectivity index (χ0v) is 9.62. The zero-order valence-electron chi connectivity index (χ0n) is 7.46. The summed E-state index contributed by atoms with van der Waals surface area (Å²) in [7, 11) is 0. The Bertz CT molecular complexity index is 252. The van der Waals surface area contributed by atoms with Crippen molar-refractivity contribution < 1.29 is 0 Å². The number of hydrazone groups is 1. The second kappa shape index (κ2) is 5.28. The average molecular weight is 288 g/mol. The van der Waals surface area contributed by atoms with E-state index in [-0.39, 0.29) is 5.54 Å². The first-order chi connectivity index (χ1) is 6.33. The van der Waals surface area contributed by atoms with Crippen LogP contribution in [-0.2, 0) is 0 Å². The number of nitrogens with one attached hydrogen (secondary N) is 1. The molecule has 70 valence electrons. The Morgan fingerprint density at radius 1 is 1.54 bits per heavy atom. The van der Waals surface area contributed by atoms with Gasteiger partial charge in [-0.15, -0.1) is 12.3 Å². The molecule has 13 heavy (non-hydrogen) atoms. The molecule has 0 aliphatic carbocycles. The van der Waals surface area contributed by atoms with E-state index in [1.807, 2.05) is 6.08 Å². The van der Waals surface area contributed by atoms with Crippen molar-refractivity contribution in [3.05, 3.63) is 12.2 Å². The van der Waals surface area contributed by atoms with Crippen LogP contribution in [0.5, 0.6) is 0 Å². The number of allylic oxidation sites excluding steroid dienone is 1. The summed E-state index contributed by atoms with van der Waals surface area (Å²) in [6.07, 6.45) is 14.0. The smallest absolute Gasteiger partial charge is 0.0748 e. The minimum Gasteiger partial charge on any atom is -0.300 e. The Morgan fingerprint density at radius 2 is 2.38 bits per heavy atom. The normalized spacial score (nSPS) is 25.2. The summed E-state index contributed by atoms with van der Waals surface area (Å²) in [6.45, 7) is 0. The Balaban J connectivity index is 2.59. The number of halogens is 1. The van der Waals surface area contributed by atoms with E-state index in [9.17, 15) is 0 Å². The third-order valence-corrected chi connectivity index (χ3v) is 2.66. The third kappa shape index (κ3) is 3.03. The molecule has 0 spiro atoms. The highest BCUT2D eigenvalue weighted by Crippen LogP contribution is 2.22. The zero-order chi connectivity index (χ0) is 9.57. The van der Waals surface area contributed by atoms with Crippen LogP contribution < -0.4 is 5.43 Å². The molecule has 1 atom stereocenters. The van der Waals surface area contributed by atoms with Gasteiger partial charge in [0.2, 0.25) is 0 Å². The van der Waals surface area contributed by atoms with Gasteiger partial charge in [-0.1, -0.05) is 28.7 Å². The molecule has 0 aromatic rings. The highest BCUT2D eigenvalue weighted by molar-refractivity contribution is 14.1. The fourth-order valence-corrected chi connectivity index (χ4v) is 2.30. The Hall–Kier alpha value is -0.500. The van der Waals surface area contributed by atoms with E-state index in [0.717, 1.165) is 23.7 Å². The fourth-order valence-electron chi connectivity index (χ4n) is 1.34. The lowest BCUT2D eigenvalue weighted by Gasteiger charge is -2.30. The van der Waals surface area contributed by atoms with Crippen molar-refractivity contribution in [2.45, 2.75) is 24.8 Å². The lowest BCUT2D eigenvalue weighted by molar-refractivity contribution is 0.379. The van der Waals surface area contributed by atoms with E-state index in [1.165, 1.54) is 0 Å². The molecule has 1 aliphatic rings. The van der Waals surface area contributed by atoms with Gasteiger partial charge in [-0.05, 0) is 18.9 Å². The first kappa shape index (κ1) is 10.6. The van der Waals surface area contributed by atoms with Gasteiger partial charge in [-0.2, -0.15) is 5.10 Å². The van der Waals surface area contributed by atoms with Crippen LogP contribution in [0.2, 0.25) is 0 Å². The minimum atomic E-state index is 0.00229. The molecule has 1 rings (SSSR count). The van der Waals surface area contributed by atoms with Gasteiger partial charge in [0, 0.05) is 17.1 Å². The van der Waals surface area contributed by atoms with Crippen molar-refractivity contribution in [3.8, 4) is 12.3 Å². The summed E-state index contributed by atoms with van der Waals surface area (Å²) < 4.78 is 1.11. The van der Waals surface area contributed by atoms with Gasteiger partial charge in [0.15, 0.2) is 0 Å². The van der Waals surface area contributed by atoms with Gasteiger partial charge in [0.05, 0.1) is 5.54 Å². The number of hydrogen-bond donors (Lipinski definition) is 1. The molecule has 0 amide bonds. The Kier molecular flexibility index (Phi) is 4.29. The van der Waals surface area contributed by atoms with E-state index in [4.69, 9.17) is 6.42 Å². The molecule has 1 unspecified atom stereocenters. The van der Waals surface area contributed by atoms with Crippen LogP contribution in [0.25, 0.3) is 0 Å². The quantitative estimate of drug-likeness (QED) is 0.478. The molecule has 0 saturated heterocycles. The highest BCUT2D eigenvalue weighted by atomic mass is 127. The van der Waals surface area contributed by atoms with E-state index in [1.54, 1.807) is 6.21 Å². The SMILES string of the molecule is C#CCCC1(CCI)C=CC=NN1. The molecule has 0 saturated carbocycles. The summed E-state index contributed by atoms with van der Waals surface area (Å²) in [5.41, 5.74) is 3.15. The third-order valence-electron chi connectivity index (χ3n) is 2.12. The van der Waals surface area contributed by atoms with Gasteiger partial charge < -0.3 is 5.43 Å². The summed E-state index contributed by atoms with van der Waals surface area (Å²) >= 11 is 2.37. The molecule has 1 aliphatic heterocycles. The number of terminal acetylenes is 1. The summed E-state index contributed by atoms with van der Waals surface area (Å²) in [5, 5.41) is 4.07. The van der Waals surface area contributed by atoms with E-state index < -0.39 is 0 Å². The Labute approximate surface area is 93.0 Å². The standard InChI is InChI=1S/C10H13IN2/c1-2-3-5-10(7-8-11)6-4-9-12-13-10/h1,4,6,9,13H,3,5,7-8H2. The lowest BCUT2D eigenvalue weighted by atomic mass is 9.90. The fraction of sp³-hybridized carbons (Fsp3) is 0.500. The largest absolute Gasteiger partial charge is 0.300 e. The molecular formula is C10H13IN2. The van der Waals surface area contributed by atoms with E-state index >= 15 is 0 Å². The Morgan fingerprint density at radius 3 is 2.92 bits per heavy atom. The second-order valence-electron chi connectivity index (χ2n) is 3.05. The van der Waals surface area contributed by atoms with Crippen LogP contribution in [0.3, 0.4) is 0 Å². The monoisotopic (exact) mass is 288 g/mol. The molecule has 0 bridgehead atoms. The van der Waals surface area contributed by atoms with Gasteiger partial charge in [-0.3, -0.25) is 0 Å². The number of alkyl halides is 1. The van der Waals surface area contributed by atoms with Crippen LogP contribution >= 0.6 is 22.6 Å². The minimum absolute atomic E-state index is 0.00229. The summed E-state index contributed by atoms with van der Waals surface area (Å²) in [4.78, 5) is 0. The molecule has 2 nitrogen and oxygen atoms in total. The van der Waals surface area contributed by atoms with Crippen LogP contribution in [0, 0.1) is 12.3 Å². The maximum absolute atomic E-state index is 5.26. The predicted molar refractivity (Wildman–Crippen MR) is 65.1 cm³/mol. The molecule has 0 radical (unpaired) electrons. The van der Waals surface area contributed by atoms with Crippen LogP contribution in [-0.4, -0.2) is 16.2 Å². The molecule has 0 aromatic carbocycles. The highest BCUT2D eigenvalue weighted by Gasteiger charge is 2.25. The van der Waals surface area contributed by atoms with Crippen molar-refractivity contribution in [2.75, 3.05) is 4.43 Å². The van der Waals surface area contributed by atoms with Crippen LogP contribution in [0.4, 0.5) is 0 Å². The molecular weight excluding hydrogens is 275 g/mol. The van der Waals surface area contributed by atoms with Crippen LogP contribution in [0.1, 0.15) is 19.3 Å². The van der Waals surface area contributed by atoms with Crippen molar-refractivity contribution >= 4 is 28.8 Å². The summed E-state index contributed by atoms with van der Waals surface area (Å²) in [6, 6.07) is 0. The lowest BCUT2D eigenvalue weighted by Crippen LogP contribution is -2.42. The first-order valence-electron chi connectivity index (χ1n) is 4.30. The number of hydrogen-bond acceptors (Lipinski definition) is 2.